The van der Waals surface area contributed by atoms with Crippen LogP contribution in [-0.2, 0) is 0 Å². The first-order valence-corrected chi connectivity index (χ1v) is 9.59. The lowest BCUT2D eigenvalue weighted by atomic mass is 10.1. The Hall–Kier alpha value is -3.22. The van der Waals surface area contributed by atoms with Crippen LogP contribution in [0.1, 0.15) is 43.6 Å². The second-order valence-electron chi connectivity index (χ2n) is 5.97. The van der Waals surface area contributed by atoms with E-state index < -0.39 is 0 Å². The highest BCUT2D eigenvalue weighted by Gasteiger charge is 2.18. The molecule has 2 aromatic rings. The zero-order chi connectivity index (χ0) is 21.2. The molecule has 0 aliphatic heterocycles. The fourth-order valence-electron chi connectivity index (χ4n) is 2.63. The Balaban J connectivity index is 2.28. The first kappa shape index (κ1) is 22.1. The quantitative estimate of drug-likeness (QED) is 0.481. The fraction of sp³-hybridized carbons (Fsp3) is 0.364. The third-order valence-electron chi connectivity index (χ3n) is 3.98. The van der Waals surface area contributed by atoms with E-state index in [1.54, 1.807) is 19.2 Å². The first-order valence-electron chi connectivity index (χ1n) is 9.59. The smallest absolute Gasteiger partial charge is 0.271 e. The number of hydrazone groups is 1. The van der Waals surface area contributed by atoms with E-state index in [0.29, 0.717) is 48.3 Å². The molecular formula is C22H28N2O5. The summed E-state index contributed by atoms with van der Waals surface area (Å²) in [5.74, 6) is 1.75. The van der Waals surface area contributed by atoms with Crippen LogP contribution in [-0.4, -0.2) is 38.5 Å². The number of nitrogens with one attached hydrogen (secondary N) is 1. The number of hydrogen-bond donors (Lipinski definition) is 1. The van der Waals surface area contributed by atoms with Gasteiger partial charge in [0.05, 0.1) is 32.6 Å². The highest BCUT2D eigenvalue weighted by molar-refractivity contribution is 6.01. The average molecular weight is 400 g/mol. The lowest BCUT2D eigenvalue weighted by Crippen LogP contribution is -2.20. The van der Waals surface area contributed by atoms with Crippen molar-refractivity contribution in [1.82, 2.24) is 5.43 Å². The van der Waals surface area contributed by atoms with Crippen LogP contribution < -0.4 is 24.4 Å². The van der Waals surface area contributed by atoms with E-state index in [4.69, 9.17) is 18.9 Å². The zero-order valence-electron chi connectivity index (χ0n) is 17.6. The Bertz CT molecular complexity index is 837. The minimum atomic E-state index is -0.378. The predicted molar refractivity (Wildman–Crippen MR) is 113 cm³/mol. The Morgan fingerprint density at radius 1 is 0.931 bits per heavy atom. The molecule has 0 aliphatic carbocycles. The number of amides is 1. The maximum atomic E-state index is 12.7. The van der Waals surface area contributed by atoms with Crippen molar-refractivity contribution in [3.8, 4) is 23.0 Å². The SMILES string of the molecule is CCOc1cc(C(=O)N/N=C(/C)c2cccc(OC)c2)cc(OCC)c1OCC. The predicted octanol–water partition coefficient (Wildman–Crippen LogP) is 4.05. The van der Waals surface area contributed by atoms with Gasteiger partial charge in [0.25, 0.3) is 5.91 Å². The Morgan fingerprint density at radius 2 is 1.55 bits per heavy atom. The molecule has 1 N–H and O–H groups in total. The fourth-order valence-corrected chi connectivity index (χ4v) is 2.63. The molecule has 0 atom stereocenters. The van der Waals surface area contributed by atoms with E-state index in [-0.39, 0.29) is 5.91 Å². The van der Waals surface area contributed by atoms with Gasteiger partial charge in [0.15, 0.2) is 11.5 Å². The van der Waals surface area contributed by atoms with Gasteiger partial charge in [0.2, 0.25) is 5.75 Å². The summed E-state index contributed by atoms with van der Waals surface area (Å²) in [5.41, 5.74) is 4.44. The molecule has 0 spiro atoms. The number of carbonyl (C=O) groups excluding carboxylic acids is 1. The highest BCUT2D eigenvalue weighted by atomic mass is 16.5. The van der Waals surface area contributed by atoms with Crippen LogP contribution in [0.5, 0.6) is 23.0 Å². The van der Waals surface area contributed by atoms with Crippen LogP contribution >= 0.6 is 0 Å². The number of rotatable bonds is 10. The molecule has 2 rings (SSSR count). The molecule has 7 heteroatoms. The van der Waals surface area contributed by atoms with Crippen LogP contribution in [0, 0.1) is 0 Å². The molecule has 0 radical (unpaired) electrons. The summed E-state index contributed by atoms with van der Waals surface area (Å²) >= 11 is 0. The van der Waals surface area contributed by atoms with Gasteiger partial charge in [-0.05, 0) is 52.0 Å². The van der Waals surface area contributed by atoms with Crippen LogP contribution in [0.2, 0.25) is 0 Å². The summed E-state index contributed by atoms with van der Waals surface area (Å²) in [6.45, 7) is 8.74. The van der Waals surface area contributed by atoms with Crippen LogP contribution in [0.4, 0.5) is 0 Å². The van der Waals surface area contributed by atoms with Gasteiger partial charge >= 0.3 is 0 Å². The van der Waals surface area contributed by atoms with E-state index in [2.05, 4.69) is 10.5 Å². The van der Waals surface area contributed by atoms with Crippen molar-refractivity contribution in [2.75, 3.05) is 26.9 Å². The molecule has 1 amide bonds. The molecular weight excluding hydrogens is 372 g/mol. The number of carbonyl (C=O) groups is 1. The summed E-state index contributed by atoms with van der Waals surface area (Å²) in [6.07, 6.45) is 0. The summed E-state index contributed by atoms with van der Waals surface area (Å²) in [5, 5.41) is 4.20. The van der Waals surface area contributed by atoms with Gasteiger partial charge in [-0.15, -0.1) is 0 Å². The van der Waals surface area contributed by atoms with E-state index in [1.807, 2.05) is 52.0 Å². The standard InChI is InChI=1S/C22H28N2O5/c1-6-27-19-13-17(14-20(28-7-2)21(19)29-8-3)22(25)24-23-15(4)16-10-9-11-18(12-16)26-5/h9-14H,6-8H2,1-5H3,(H,24,25)/b23-15-. The monoisotopic (exact) mass is 400 g/mol. The number of ether oxygens (including phenoxy) is 4. The number of nitrogens with zero attached hydrogens (tertiary/aromatic N) is 1. The molecule has 0 aliphatic rings. The summed E-state index contributed by atoms with van der Waals surface area (Å²) in [4.78, 5) is 12.7. The summed E-state index contributed by atoms with van der Waals surface area (Å²) in [6, 6.07) is 10.7. The van der Waals surface area contributed by atoms with Crippen molar-refractivity contribution < 1.29 is 23.7 Å². The third kappa shape index (κ3) is 5.88. The maximum absolute atomic E-state index is 12.7. The number of methoxy groups -OCH3 is 1. The van der Waals surface area contributed by atoms with Gasteiger partial charge in [-0.1, -0.05) is 12.1 Å². The molecule has 0 heterocycles. The van der Waals surface area contributed by atoms with Gasteiger partial charge in [-0.3, -0.25) is 4.79 Å². The Kier molecular flexibility index (Phi) is 8.33. The minimum Gasteiger partial charge on any atom is -0.497 e. The second kappa shape index (κ2) is 10.9. The molecule has 29 heavy (non-hydrogen) atoms. The van der Waals surface area contributed by atoms with Gasteiger partial charge in [-0.25, -0.2) is 5.43 Å². The molecule has 0 aromatic heterocycles. The summed E-state index contributed by atoms with van der Waals surface area (Å²) < 4.78 is 22.2. The molecule has 0 saturated carbocycles. The van der Waals surface area contributed by atoms with E-state index >= 15 is 0 Å². The van der Waals surface area contributed by atoms with Crippen molar-refractivity contribution in [3.05, 3.63) is 47.5 Å². The van der Waals surface area contributed by atoms with Crippen LogP contribution in [0.3, 0.4) is 0 Å². The van der Waals surface area contributed by atoms with Crippen molar-refractivity contribution in [2.45, 2.75) is 27.7 Å². The Labute approximate surface area is 171 Å². The van der Waals surface area contributed by atoms with E-state index in [9.17, 15) is 4.79 Å². The molecule has 2 aromatic carbocycles. The molecule has 0 saturated heterocycles. The van der Waals surface area contributed by atoms with E-state index in [0.717, 1.165) is 11.3 Å². The average Bonchev–Trinajstić information content (AvgIpc) is 2.74. The first-order chi connectivity index (χ1) is 14.0. The lowest BCUT2D eigenvalue weighted by molar-refractivity contribution is 0.0953. The number of benzene rings is 2. The van der Waals surface area contributed by atoms with Crippen molar-refractivity contribution in [2.24, 2.45) is 5.10 Å². The van der Waals surface area contributed by atoms with Crippen molar-refractivity contribution in [1.29, 1.82) is 0 Å². The molecule has 0 bridgehead atoms. The lowest BCUT2D eigenvalue weighted by Gasteiger charge is -2.16. The Morgan fingerprint density at radius 3 is 2.10 bits per heavy atom. The second-order valence-corrected chi connectivity index (χ2v) is 5.97. The minimum absolute atomic E-state index is 0.363. The van der Waals surface area contributed by atoms with Crippen molar-refractivity contribution >= 4 is 11.6 Å². The van der Waals surface area contributed by atoms with E-state index in [1.165, 1.54) is 0 Å². The van der Waals surface area contributed by atoms with Crippen LogP contribution in [0.15, 0.2) is 41.5 Å². The summed E-state index contributed by atoms with van der Waals surface area (Å²) in [7, 11) is 1.60. The topological polar surface area (TPSA) is 78.4 Å². The van der Waals surface area contributed by atoms with Gasteiger partial charge < -0.3 is 18.9 Å². The van der Waals surface area contributed by atoms with Crippen molar-refractivity contribution in [3.63, 3.8) is 0 Å². The highest BCUT2D eigenvalue weighted by Crippen LogP contribution is 2.39. The number of hydrogen-bond acceptors (Lipinski definition) is 6. The van der Waals surface area contributed by atoms with Crippen LogP contribution in [0.25, 0.3) is 0 Å². The zero-order valence-corrected chi connectivity index (χ0v) is 17.6. The van der Waals surface area contributed by atoms with Gasteiger partial charge in [-0.2, -0.15) is 5.10 Å². The molecule has 0 fully saturated rings. The normalized spacial score (nSPS) is 11.0. The molecule has 7 nitrogen and oxygen atoms in total. The molecule has 156 valence electrons. The third-order valence-corrected chi connectivity index (χ3v) is 3.98. The maximum Gasteiger partial charge on any atom is 0.271 e. The molecule has 0 unspecified atom stereocenters. The van der Waals surface area contributed by atoms with Gasteiger partial charge in [0.1, 0.15) is 5.75 Å². The largest absolute Gasteiger partial charge is 0.497 e. The van der Waals surface area contributed by atoms with Gasteiger partial charge in [0, 0.05) is 11.1 Å².